The minimum Gasteiger partial charge on any atom is -0.481 e. The number of hydrogen-bond acceptors (Lipinski definition) is 3. The van der Waals surface area contributed by atoms with E-state index in [4.69, 9.17) is 5.11 Å². The van der Waals surface area contributed by atoms with E-state index in [0.717, 1.165) is 0 Å². The van der Waals surface area contributed by atoms with Gasteiger partial charge >= 0.3 is 11.5 Å². The van der Waals surface area contributed by atoms with Crippen LogP contribution in [0.1, 0.15) is 12.8 Å². The highest BCUT2D eigenvalue weighted by molar-refractivity contribution is 8.00. The average Bonchev–Trinajstić information content (AvgIpc) is 2.25. The molecule has 0 bridgehead atoms. The van der Waals surface area contributed by atoms with Gasteiger partial charge in [0.25, 0.3) is 0 Å². The second-order valence-electron chi connectivity index (χ2n) is 3.75. The molecule has 1 N–H and O–H groups in total. The number of carbonyl (C=O) groups excluding carboxylic acids is 1. The van der Waals surface area contributed by atoms with Crippen molar-refractivity contribution in [2.45, 2.75) is 18.3 Å². The van der Waals surface area contributed by atoms with Crippen LogP contribution in [0.3, 0.4) is 0 Å². The molecular formula is C9H12F3NO3S. The van der Waals surface area contributed by atoms with Gasteiger partial charge in [-0.3, -0.25) is 9.59 Å². The van der Waals surface area contributed by atoms with Gasteiger partial charge in [0.2, 0.25) is 5.91 Å². The number of hydrogen-bond donors (Lipinski definition) is 1. The van der Waals surface area contributed by atoms with Crippen molar-refractivity contribution in [3.63, 3.8) is 0 Å². The molecule has 4 nitrogen and oxygen atoms in total. The third kappa shape index (κ3) is 4.84. The Bertz CT molecular complexity index is 308. The van der Waals surface area contributed by atoms with Crippen LogP contribution in [0.5, 0.6) is 0 Å². The molecule has 1 aliphatic heterocycles. The monoisotopic (exact) mass is 271 g/mol. The summed E-state index contributed by atoms with van der Waals surface area (Å²) in [4.78, 5) is 23.3. The molecule has 98 valence electrons. The van der Waals surface area contributed by atoms with E-state index in [1.54, 1.807) is 0 Å². The molecular weight excluding hydrogens is 259 g/mol. The third-order valence-corrected chi connectivity index (χ3v) is 3.20. The van der Waals surface area contributed by atoms with Crippen molar-refractivity contribution in [3.8, 4) is 0 Å². The first-order valence-electron chi connectivity index (χ1n) is 5.01. The maximum atomic E-state index is 11.9. The second kappa shape index (κ2) is 5.61. The molecule has 8 heteroatoms. The van der Waals surface area contributed by atoms with Gasteiger partial charge in [0, 0.05) is 13.1 Å². The molecule has 1 amide bonds. The van der Waals surface area contributed by atoms with Gasteiger partial charge in [-0.15, -0.1) is 0 Å². The molecule has 0 aliphatic carbocycles. The summed E-state index contributed by atoms with van der Waals surface area (Å²) in [5, 5.41) is 8.77. The van der Waals surface area contributed by atoms with Crippen LogP contribution in [0.15, 0.2) is 0 Å². The van der Waals surface area contributed by atoms with Gasteiger partial charge in [0.05, 0.1) is 11.7 Å². The summed E-state index contributed by atoms with van der Waals surface area (Å²) in [5.41, 5.74) is -4.43. The highest BCUT2D eigenvalue weighted by Crippen LogP contribution is 2.30. The lowest BCUT2D eigenvalue weighted by molar-refractivity contribution is -0.145. The van der Waals surface area contributed by atoms with E-state index < -0.39 is 40.8 Å². The summed E-state index contributed by atoms with van der Waals surface area (Å²) in [6.07, 6.45) is 0.977. The summed E-state index contributed by atoms with van der Waals surface area (Å²) in [7, 11) is 0. The average molecular weight is 271 g/mol. The molecule has 1 rings (SSSR count). The van der Waals surface area contributed by atoms with Crippen LogP contribution in [0.2, 0.25) is 0 Å². The minimum absolute atomic E-state index is 0.00653. The number of likely N-dealkylation sites (tertiary alicyclic amines) is 1. The van der Waals surface area contributed by atoms with Gasteiger partial charge in [-0.05, 0) is 24.6 Å². The maximum Gasteiger partial charge on any atom is 0.442 e. The molecule has 17 heavy (non-hydrogen) atoms. The van der Waals surface area contributed by atoms with Crippen molar-refractivity contribution in [2.24, 2.45) is 5.92 Å². The number of alkyl halides is 3. The first-order chi connectivity index (χ1) is 7.79. The number of rotatable bonds is 3. The smallest absolute Gasteiger partial charge is 0.442 e. The first kappa shape index (κ1) is 14.1. The van der Waals surface area contributed by atoms with E-state index in [-0.39, 0.29) is 6.54 Å². The van der Waals surface area contributed by atoms with E-state index in [2.05, 4.69) is 0 Å². The van der Waals surface area contributed by atoms with Crippen LogP contribution < -0.4 is 0 Å². The Labute approximate surface area is 100 Å². The van der Waals surface area contributed by atoms with Gasteiger partial charge < -0.3 is 10.0 Å². The van der Waals surface area contributed by atoms with E-state index in [1.807, 2.05) is 0 Å². The van der Waals surface area contributed by atoms with Crippen molar-refractivity contribution in [1.82, 2.24) is 4.90 Å². The zero-order chi connectivity index (χ0) is 13.1. The fourth-order valence-electron chi connectivity index (χ4n) is 1.64. The Balaban J connectivity index is 2.44. The molecule has 0 spiro atoms. The summed E-state index contributed by atoms with van der Waals surface area (Å²) in [6, 6.07) is 0. The molecule has 0 aromatic rings. The van der Waals surface area contributed by atoms with Crippen LogP contribution in [0.25, 0.3) is 0 Å². The lowest BCUT2D eigenvalue weighted by atomic mass is 9.98. The predicted molar refractivity (Wildman–Crippen MR) is 55.5 cm³/mol. The third-order valence-electron chi connectivity index (χ3n) is 2.48. The van der Waals surface area contributed by atoms with E-state index in [1.165, 1.54) is 4.90 Å². The molecule has 0 aromatic carbocycles. The fourth-order valence-corrected chi connectivity index (χ4v) is 2.11. The van der Waals surface area contributed by atoms with Crippen molar-refractivity contribution in [2.75, 3.05) is 18.8 Å². The Kier molecular flexibility index (Phi) is 4.67. The number of nitrogens with zero attached hydrogens (tertiary/aromatic N) is 1. The van der Waals surface area contributed by atoms with Crippen LogP contribution in [-0.2, 0) is 9.59 Å². The maximum absolute atomic E-state index is 11.9. The number of amides is 1. The molecule has 1 heterocycles. The van der Waals surface area contributed by atoms with Gasteiger partial charge in [-0.1, -0.05) is 0 Å². The largest absolute Gasteiger partial charge is 0.481 e. The quantitative estimate of drug-likeness (QED) is 0.846. The molecule has 1 aliphatic rings. The van der Waals surface area contributed by atoms with Crippen LogP contribution >= 0.6 is 11.8 Å². The zero-order valence-electron chi connectivity index (χ0n) is 8.87. The molecule has 0 saturated carbocycles. The SMILES string of the molecule is O=C(O)C1CCCN(C(=O)CSC(F)(F)F)C1. The zero-order valence-corrected chi connectivity index (χ0v) is 9.68. The Morgan fingerprint density at radius 3 is 2.59 bits per heavy atom. The highest BCUT2D eigenvalue weighted by Gasteiger charge is 2.32. The Morgan fingerprint density at radius 2 is 2.06 bits per heavy atom. The summed E-state index contributed by atoms with van der Waals surface area (Å²) in [6.45, 7) is 0.341. The number of halogens is 3. The number of carbonyl (C=O) groups is 2. The van der Waals surface area contributed by atoms with Gasteiger partial charge in [-0.2, -0.15) is 13.2 Å². The van der Waals surface area contributed by atoms with Crippen molar-refractivity contribution in [3.05, 3.63) is 0 Å². The molecule has 1 unspecified atom stereocenters. The standard InChI is InChI=1S/C9H12F3NO3S/c10-9(11,12)17-5-7(14)13-3-1-2-6(4-13)8(15)16/h6H,1-5H2,(H,15,16). The van der Waals surface area contributed by atoms with E-state index in [0.29, 0.717) is 19.4 Å². The van der Waals surface area contributed by atoms with Crippen molar-refractivity contribution in [1.29, 1.82) is 0 Å². The van der Waals surface area contributed by atoms with Crippen LogP contribution in [0, 0.1) is 5.92 Å². The number of carboxylic acid groups (broad SMARTS) is 1. The molecule has 0 aromatic heterocycles. The Morgan fingerprint density at radius 1 is 1.41 bits per heavy atom. The van der Waals surface area contributed by atoms with E-state index >= 15 is 0 Å². The molecule has 1 saturated heterocycles. The predicted octanol–water partition coefficient (Wildman–Crippen LogP) is 1.56. The Hall–Kier alpha value is -0.920. The molecule has 1 atom stereocenters. The molecule has 0 radical (unpaired) electrons. The number of piperidine rings is 1. The number of carboxylic acids is 1. The number of thioether (sulfide) groups is 1. The lowest BCUT2D eigenvalue weighted by Crippen LogP contribution is -2.43. The summed E-state index contributed by atoms with van der Waals surface area (Å²) >= 11 is -0.394. The minimum atomic E-state index is -4.43. The molecule has 1 fully saturated rings. The fraction of sp³-hybridized carbons (Fsp3) is 0.778. The topological polar surface area (TPSA) is 57.6 Å². The normalized spacial score (nSPS) is 21.4. The highest BCUT2D eigenvalue weighted by atomic mass is 32.2. The lowest BCUT2D eigenvalue weighted by Gasteiger charge is -2.30. The van der Waals surface area contributed by atoms with Gasteiger partial charge in [0.1, 0.15) is 0 Å². The second-order valence-corrected chi connectivity index (χ2v) is 4.79. The van der Waals surface area contributed by atoms with E-state index in [9.17, 15) is 22.8 Å². The summed E-state index contributed by atoms with van der Waals surface area (Å²) in [5.74, 6) is -3.01. The van der Waals surface area contributed by atoms with Gasteiger partial charge in [0.15, 0.2) is 0 Å². The van der Waals surface area contributed by atoms with Crippen molar-refractivity contribution >= 4 is 23.6 Å². The summed E-state index contributed by atoms with van der Waals surface area (Å²) < 4.78 is 35.7. The van der Waals surface area contributed by atoms with Crippen LogP contribution in [-0.4, -0.2) is 46.2 Å². The van der Waals surface area contributed by atoms with Crippen molar-refractivity contribution < 1.29 is 27.9 Å². The van der Waals surface area contributed by atoms with Crippen LogP contribution in [0.4, 0.5) is 13.2 Å². The first-order valence-corrected chi connectivity index (χ1v) is 5.99. The van der Waals surface area contributed by atoms with Gasteiger partial charge in [-0.25, -0.2) is 0 Å². The number of aliphatic carboxylic acids is 1.